The molecule has 0 fully saturated rings. The molecule has 0 heterocycles. The Kier molecular flexibility index (Phi) is 4.59. The molecular formula is C10H9Cl3O. The first-order valence-corrected chi connectivity index (χ1v) is 5.16. The number of hydrogen-bond donors (Lipinski definition) is 0. The van der Waals surface area contributed by atoms with Gasteiger partial charge in [-0.1, -0.05) is 40.9 Å². The lowest BCUT2D eigenvalue weighted by Gasteiger charge is -2.08. The van der Waals surface area contributed by atoms with E-state index in [1.807, 2.05) is 19.1 Å². The zero-order valence-corrected chi connectivity index (χ0v) is 9.83. The first-order chi connectivity index (χ1) is 6.63. The first-order valence-electron chi connectivity index (χ1n) is 3.97. The van der Waals surface area contributed by atoms with Gasteiger partial charge in [0.25, 0.3) is 0 Å². The van der Waals surface area contributed by atoms with E-state index in [1.54, 1.807) is 6.07 Å². The molecule has 76 valence electrons. The molecule has 0 bridgehead atoms. The summed E-state index contributed by atoms with van der Waals surface area (Å²) in [7, 11) is 0. The summed E-state index contributed by atoms with van der Waals surface area (Å²) in [4.78, 5) is 0. The van der Waals surface area contributed by atoms with Crippen molar-refractivity contribution in [3.05, 3.63) is 39.4 Å². The van der Waals surface area contributed by atoms with Gasteiger partial charge in [0.2, 0.25) is 0 Å². The molecule has 0 aliphatic rings. The van der Waals surface area contributed by atoms with Crippen LogP contribution in [0.2, 0.25) is 5.02 Å². The molecule has 0 saturated heterocycles. The van der Waals surface area contributed by atoms with E-state index in [1.165, 1.54) is 5.54 Å². The fourth-order valence-corrected chi connectivity index (χ4v) is 1.19. The molecule has 0 unspecified atom stereocenters. The van der Waals surface area contributed by atoms with E-state index < -0.39 is 0 Å². The van der Waals surface area contributed by atoms with Crippen molar-refractivity contribution in [2.24, 2.45) is 0 Å². The highest BCUT2D eigenvalue weighted by molar-refractivity contribution is 6.36. The zero-order chi connectivity index (χ0) is 10.6. The molecular weight excluding hydrogens is 242 g/mol. The van der Waals surface area contributed by atoms with Crippen molar-refractivity contribution in [2.75, 3.05) is 6.61 Å². The summed E-state index contributed by atoms with van der Waals surface area (Å²) < 4.78 is 5.40. The molecule has 0 atom stereocenters. The lowest BCUT2D eigenvalue weighted by Crippen LogP contribution is -1.98. The van der Waals surface area contributed by atoms with Crippen LogP contribution < -0.4 is 4.74 Å². The van der Waals surface area contributed by atoms with Crippen molar-refractivity contribution in [1.29, 1.82) is 0 Å². The van der Waals surface area contributed by atoms with E-state index in [0.29, 0.717) is 15.8 Å². The average molecular weight is 252 g/mol. The molecule has 1 nitrogen and oxygen atoms in total. The second kappa shape index (κ2) is 5.50. The molecule has 0 spiro atoms. The number of hydrogen-bond acceptors (Lipinski definition) is 1. The predicted molar refractivity (Wildman–Crippen MR) is 61.5 cm³/mol. The predicted octanol–water partition coefficient (Wildman–Crippen LogP) is 4.35. The SMILES string of the molecule is Cc1ccc(Cl)cc1OCC(Cl)=CCl. The maximum atomic E-state index is 5.81. The van der Waals surface area contributed by atoms with Crippen LogP contribution in [0.5, 0.6) is 5.75 Å². The van der Waals surface area contributed by atoms with Crippen molar-refractivity contribution >= 4 is 34.8 Å². The Labute approximate surface area is 98.2 Å². The highest BCUT2D eigenvalue weighted by atomic mass is 35.5. The van der Waals surface area contributed by atoms with Crippen molar-refractivity contribution in [3.8, 4) is 5.75 Å². The van der Waals surface area contributed by atoms with Crippen molar-refractivity contribution < 1.29 is 4.74 Å². The minimum atomic E-state index is 0.256. The minimum Gasteiger partial charge on any atom is -0.488 e. The maximum absolute atomic E-state index is 5.81. The van der Waals surface area contributed by atoms with Gasteiger partial charge in [0.1, 0.15) is 12.4 Å². The summed E-state index contributed by atoms with van der Waals surface area (Å²) in [6.07, 6.45) is 0. The Morgan fingerprint density at radius 1 is 1.50 bits per heavy atom. The molecule has 0 aliphatic carbocycles. The van der Waals surface area contributed by atoms with Gasteiger partial charge in [-0.2, -0.15) is 0 Å². The molecule has 0 N–H and O–H groups in total. The molecule has 0 aromatic heterocycles. The molecule has 0 aliphatic heterocycles. The van der Waals surface area contributed by atoms with Gasteiger partial charge in [0.15, 0.2) is 0 Å². The van der Waals surface area contributed by atoms with E-state index >= 15 is 0 Å². The monoisotopic (exact) mass is 250 g/mol. The maximum Gasteiger partial charge on any atom is 0.125 e. The third kappa shape index (κ3) is 3.41. The van der Waals surface area contributed by atoms with E-state index in [4.69, 9.17) is 39.5 Å². The number of benzene rings is 1. The zero-order valence-electron chi connectivity index (χ0n) is 7.56. The van der Waals surface area contributed by atoms with Gasteiger partial charge in [0, 0.05) is 10.6 Å². The van der Waals surface area contributed by atoms with Crippen LogP contribution in [0.4, 0.5) is 0 Å². The second-order valence-electron chi connectivity index (χ2n) is 2.75. The van der Waals surface area contributed by atoms with Gasteiger partial charge >= 0.3 is 0 Å². The Bertz CT molecular complexity index is 347. The number of ether oxygens (including phenoxy) is 1. The Hall–Kier alpha value is -0.370. The van der Waals surface area contributed by atoms with E-state index in [9.17, 15) is 0 Å². The Morgan fingerprint density at radius 3 is 2.86 bits per heavy atom. The van der Waals surface area contributed by atoms with Crippen LogP contribution in [0.1, 0.15) is 5.56 Å². The molecule has 1 rings (SSSR count). The number of rotatable bonds is 3. The quantitative estimate of drug-likeness (QED) is 0.776. The molecule has 1 aromatic carbocycles. The number of aryl methyl sites for hydroxylation is 1. The van der Waals surface area contributed by atoms with Gasteiger partial charge in [-0.25, -0.2) is 0 Å². The van der Waals surface area contributed by atoms with Crippen molar-refractivity contribution in [2.45, 2.75) is 6.92 Å². The summed E-state index contributed by atoms with van der Waals surface area (Å²) in [5.41, 5.74) is 2.29. The fraction of sp³-hybridized carbons (Fsp3) is 0.200. The van der Waals surface area contributed by atoms with Crippen LogP contribution in [0, 0.1) is 6.92 Å². The average Bonchev–Trinajstić information content (AvgIpc) is 2.19. The van der Waals surface area contributed by atoms with Gasteiger partial charge < -0.3 is 4.74 Å². The van der Waals surface area contributed by atoms with E-state index in [2.05, 4.69) is 0 Å². The van der Waals surface area contributed by atoms with Gasteiger partial charge in [-0.15, -0.1) is 0 Å². The molecule has 0 radical (unpaired) electrons. The lowest BCUT2D eigenvalue weighted by molar-refractivity contribution is 0.357. The van der Waals surface area contributed by atoms with Crippen LogP contribution in [0.15, 0.2) is 28.8 Å². The van der Waals surface area contributed by atoms with Crippen LogP contribution in [-0.2, 0) is 0 Å². The summed E-state index contributed by atoms with van der Waals surface area (Å²) in [5, 5.41) is 1.09. The van der Waals surface area contributed by atoms with Crippen LogP contribution >= 0.6 is 34.8 Å². The molecule has 4 heteroatoms. The van der Waals surface area contributed by atoms with Gasteiger partial charge in [-0.05, 0) is 24.6 Å². The second-order valence-corrected chi connectivity index (χ2v) is 3.89. The van der Waals surface area contributed by atoms with Crippen molar-refractivity contribution in [1.82, 2.24) is 0 Å². The Balaban J connectivity index is 2.71. The highest BCUT2D eigenvalue weighted by Gasteiger charge is 2.01. The van der Waals surface area contributed by atoms with E-state index in [0.717, 1.165) is 5.56 Å². The smallest absolute Gasteiger partial charge is 0.125 e. The van der Waals surface area contributed by atoms with Crippen LogP contribution in [-0.4, -0.2) is 6.61 Å². The Morgan fingerprint density at radius 2 is 2.21 bits per heavy atom. The van der Waals surface area contributed by atoms with Gasteiger partial charge in [-0.3, -0.25) is 0 Å². The van der Waals surface area contributed by atoms with Crippen LogP contribution in [0.3, 0.4) is 0 Å². The van der Waals surface area contributed by atoms with E-state index in [-0.39, 0.29) is 6.61 Å². The fourth-order valence-electron chi connectivity index (χ4n) is 0.908. The largest absolute Gasteiger partial charge is 0.488 e. The summed E-state index contributed by atoms with van der Waals surface area (Å²) in [6.45, 7) is 2.19. The van der Waals surface area contributed by atoms with Crippen LogP contribution in [0.25, 0.3) is 0 Å². The van der Waals surface area contributed by atoms with Crippen molar-refractivity contribution in [3.63, 3.8) is 0 Å². The summed E-state index contributed by atoms with van der Waals surface area (Å²) >= 11 is 16.9. The minimum absolute atomic E-state index is 0.256. The summed E-state index contributed by atoms with van der Waals surface area (Å²) in [5.74, 6) is 0.717. The molecule has 0 saturated carbocycles. The standard InChI is InChI=1S/C10H9Cl3O/c1-7-2-3-8(12)4-10(7)14-6-9(13)5-11/h2-5H,6H2,1H3. The third-order valence-electron chi connectivity index (χ3n) is 1.63. The first kappa shape index (κ1) is 11.7. The highest BCUT2D eigenvalue weighted by Crippen LogP contribution is 2.23. The lowest BCUT2D eigenvalue weighted by atomic mass is 10.2. The third-order valence-corrected chi connectivity index (χ3v) is 2.46. The molecule has 0 amide bonds. The topological polar surface area (TPSA) is 9.23 Å². The molecule has 1 aromatic rings. The van der Waals surface area contributed by atoms with Gasteiger partial charge in [0.05, 0.1) is 5.03 Å². The summed E-state index contributed by atoms with van der Waals surface area (Å²) in [6, 6.07) is 5.44. The normalized spacial score (nSPS) is 11.6. The molecule has 14 heavy (non-hydrogen) atoms. The number of halogens is 3.